The van der Waals surface area contributed by atoms with E-state index in [4.69, 9.17) is 4.74 Å². The van der Waals surface area contributed by atoms with Gasteiger partial charge in [0.1, 0.15) is 0 Å². The molecule has 2 fully saturated rings. The van der Waals surface area contributed by atoms with Gasteiger partial charge >= 0.3 is 0 Å². The predicted molar refractivity (Wildman–Crippen MR) is 134 cm³/mol. The van der Waals surface area contributed by atoms with Crippen molar-refractivity contribution in [1.82, 2.24) is 14.8 Å². The minimum absolute atomic E-state index is 0.461. The highest BCUT2D eigenvalue weighted by Crippen LogP contribution is 2.42. The van der Waals surface area contributed by atoms with E-state index in [0.717, 1.165) is 26.2 Å². The summed E-state index contributed by atoms with van der Waals surface area (Å²) in [5.74, 6) is 0.506. The molecule has 0 unspecified atom stereocenters. The van der Waals surface area contributed by atoms with Gasteiger partial charge in [0.25, 0.3) is 0 Å². The van der Waals surface area contributed by atoms with Crippen LogP contribution in [0.5, 0.6) is 0 Å². The molecule has 0 spiro atoms. The average Bonchev–Trinajstić information content (AvgIpc) is 2.83. The summed E-state index contributed by atoms with van der Waals surface area (Å²) in [4.78, 5) is 9.66. The Balaban J connectivity index is 1.37. The zero-order chi connectivity index (χ0) is 22.6. The van der Waals surface area contributed by atoms with Crippen molar-refractivity contribution in [3.8, 4) is 11.1 Å². The lowest BCUT2D eigenvalue weighted by Gasteiger charge is -2.57. The fraction of sp³-hybridized carbons (Fsp3) is 0.414. The molecule has 0 amide bonds. The summed E-state index contributed by atoms with van der Waals surface area (Å²) in [6.07, 6.45) is 6.36. The van der Waals surface area contributed by atoms with Crippen LogP contribution in [0.25, 0.3) is 11.1 Å². The van der Waals surface area contributed by atoms with Gasteiger partial charge in [0.05, 0.1) is 6.61 Å². The first-order valence-corrected chi connectivity index (χ1v) is 12.3. The lowest BCUT2D eigenvalue weighted by Crippen LogP contribution is -2.67. The summed E-state index contributed by atoms with van der Waals surface area (Å²) in [5, 5.41) is 0. The number of aryl methyl sites for hydroxylation is 1. The summed E-state index contributed by atoms with van der Waals surface area (Å²) in [6, 6.07) is 23.3. The maximum Gasteiger partial charge on any atom is 0.0624 e. The van der Waals surface area contributed by atoms with E-state index in [2.05, 4.69) is 76.3 Å². The van der Waals surface area contributed by atoms with Gasteiger partial charge in [-0.25, -0.2) is 0 Å². The van der Waals surface area contributed by atoms with E-state index in [1.54, 1.807) is 0 Å². The third kappa shape index (κ3) is 4.89. The predicted octanol–water partition coefficient (Wildman–Crippen LogP) is 5.14. The number of benzene rings is 2. The van der Waals surface area contributed by atoms with Gasteiger partial charge in [0.15, 0.2) is 0 Å². The first-order valence-electron chi connectivity index (χ1n) is 12.3. The van der Waals surface area contributed by atoms with Gasteiger partial charge in [-0.1, -0.05) is 60.2 Å². The largest absolute Gasteiger partial charge is 0.383 e. The van der Waals surface area contributed by atoms with Gasteiger partial charge in [-0.05, 0) is 61.2 Å². The van der Waals surface area contributed by atoms with Crippen molar-refractivity contribution in [1.29, 1.82) is 0 Å². The molecule has 0 saturated carbocycles. The first-order chi connectivity index (χ1) is 16.2. The molecule has 2 saturated heterocycles. The fourth-order valence-electron chi connectivity index (χ4n) is 5.78. The van der Waals surface area contributed by atoms with Crippen LogP contribution in [0.15, 0.2) is 73.1 Å². The smallest absolute Gasteiger partial charge is 0.0624 e. The molecular weight excluding hydrogens is 406 g/mol. The van der Waals surface area contributed by atoms with Gasteiger partial charge in [-0.2, -0.15) is 0 Å². The number of hydrogen-bond donors (Lipinski definition) is 0. The van der Waals surface area contributed by atoms with Crippen LogP contribution in [0.2, 0.25) is 0 Å². The minimum atomic E-state index is 0.461. The Morgan fingerprint density at radius 3 is 2.58 bits per heavy atom. The normalized spacial score (nSPS) is 23.9. The van der Waals surface area contributed by atoms with E-state index in [1.165, 1.54) is 47.2 Å². The van der Waals surface area contributed by atoms with Crippen LogP contribution in [0.1, 0.15) is 35.4 Å². The second-order valence-corrected chi connectivity index (χ2v) is 9.65. The summed E-state index contributed by atoms with van der Waals surface area (Å²) in [7, 11) is 1.84. The second kappa shape index (κ2) is 10.2. The summed E-state index contributed by atoms with van der Waals surface area (Å²) in [5.41, 5.74) is 6.62. The highest BCUT2D eigenvalue weighted by Gasteiger charge is 2.49. The van der Waals surface area contributed by atoms with Crippen molar-refractivity contribution in [2.45, 2.75) is 44.3 Å². The number of pyridine rings is 1. The molecule has 2 aliphatic rings. The highest BCUT2D eigenvalue weighted by molar-refractivity contribution is 5.64. The third-order valence-corrected chi connectivity index (χ3v) is 7.38. The highest BCUT2D eigenvalue weighted by atomic mass is 16.5. The molecule has 4 heteroatoms. The minimum Gasteiger partial charge on any atom is -0.383 e. The Labute approximate surface area is 198 Å². The molecule has 3 atom stereocenters. The molecule has 5 rings (SSSR count). The van der Waals surface area contributed by atoms with Gasteiger partial charge in [-0.15, -0.1) is 0 Å². The maximum atomic E-state index is 5.68. The zero-order valence-corrected chi connectivity index (χ0v) is 19.9. The van der Waals surface area contributed by atoms with Gasteiger partial charge in [-0.3, -0.25) is 14.8 Å². The van der Waals surface area contributed by atoms with Gasteiger partial charge < -0.3 is 4.74 Å². The van der Waals surface area contributed by atoms with Crippen molar-refractivity contribution >= 4 is 0 Å². The van der Waals surface area contributed by atoms with Crippen LogP contribution >= 0.6 is 0 Å². The Morgan fingerprint density at radius 1 is 0.970 bits per heavy atom. The van der Waals surface area contributed by atoms with Gasteiger partial charge in [0.2, 0.25) is 0 Å². The van der Waals surface area contributed by atoms with E-state index in [0.29, 0.717) is 18.0 Å². The SMILES string of the molecule is COC[C@@H]1[C@H](c2ccc(-c3cccc(C)c3)cc2)[C@H]2CN(Cc3cccnc3)CCCCN12. The van der Waals surface area contributed by atoms with Crippen molar-refractivity contribution in [2.24, 2.45) is 0 Å². The number of aromatic nitrogens is 1. The molecule has 3 heterocycles. The van der Waals surface area contributed by atoms with E-state index in [1.807, 2.05) is 25.6 Å². The number of ether oxygens (including phenoxy) is 1. The summed E-state index contributed by atoms with van der Waals surface area (Å²) in [6.45, 7) is 7.36. The number of nitrogens with zero attached hydrogens (tertiary/aromatic N) is 3. The molecule has 1 aromatic heterocycles. The van der Waals surface area contributed by atoms with E-state index < -0.39 is 0 Å². The van der Waals surface area contributed by atoms with Crippen LogP contribution in [-0.2, 0) is 11.3 Å². The molecule has 3 aromatic rings. The molecule has 0 aliphatic carbocycles. The number of fused-ring (bicyclic) bond motifs is 1. The standard InChI is InChI=1S/C29H35N3O/c1-22-7-5-9-26(17-22)24-10-12-25(13-11-24)29-27-20-31(19-23-8-6-14-30-18-23)15-3-4-16-32(27)28(29)21-33-2/h5-14,17-18,27-29H,3-4,15-16,19-21H2,1-2H3/t27-,28-,29-/m1/s1. The van der Waals surface area contributed by atoms with Crippen LogP contribution < -0.4 is 0 Å². The molecule has 0 N–H and O–H groups in total. The maximum absolute atomic E-state index is 5.68. The fourth-order valence-corrected chi connectivity index (χ4v) is 5.78. The van der Waals surface area contributed by atoms with Gasteiger partial charge in [0, 0.05) is 50.6 Å². The average molecular weight is 442 g/mol. The quantitative estimate of drug-likeness (QED) is 0.530. The van der Waals surface area contributed by atoms with E-state index >= 15 is 0 Å². The van der Waals surface area contributed by atoms with Crippen LogP contribution in [0, 0.1) is 6.92 Å². The van der Waals surface area contributed by atoms with Crippen LogP contribution in [0.4, 0.5) is 0 Å². The molecule has 4 nitrogen and oxygen atoms in total. The molecule has 2 aliphatic heterocycles. The molecule has 0 bridgehead atoms. The molecular formula is C29H35N3O. The second-order valence-electron chi connectivity index (χ2n) is 9.65. The molecule has 2 aromatic carbocycles. The monoisotopic (exact) mass is 441 g/mol. The van der Waals surface area contributed by atoms with E-state index in [9.17, 15) is 0 Å². The summed E-state index contributed by atoms with van der Waals surface area (Å²) >= 11 is 0. The number of methoxy groups -OCH3 is 1. The van der Waals surface area contributed by atoms with Crippen molar-refractivity contribution in [2.75, 3.05) is 33.4 Å². The Bertz CT molecular complexity index is 1040. The first kappa shape index (κ1) is 22.3. The third-order valence-electron chi connectivity index (χ3n) is 7.38. The Kier molecular flexibility index (Phi) is 6.86. The molecule has 172 valence electrons. The van der Waals surface area contributed by atoms with Crippen molar-refractivity contribution in [3.05, 3.63) is 89.7 Å². The Morgan fingerprint density at radius 2 is 1.82 bits per heavy atom. The zero-order valence-electron chi connectivity index (χ0n) is 19.9. The lowest BCUT2D eigenvalue weighted by molar-refractivity contribution is -0.0726. The lowest BCUT2D eigenvalue weighted by atomic mass is 9.74. The molecule has 33 heavy (non-hydrogen) atoms. The number of hydrogen-bond acceptors (Lipinski definition) is 4. The number of rotatable bonds is 6. The van der Waals surface area contributed by atoms with Crippen LogP contribution in [0.3, 0.4) is 0 Å². The van der Waals surface area contributed by atoms with Crippen molar-refractivity contribution in [3.63, 3.8) is 0 Å². The topological polar surface area (TPSA) is 28.6 Å². The van der Waals surface area contributed by atoms with Crippen LogP contribution in [-0.4, -0.2) is 60.2 Å². The summed E-state index contributed by atoms with van der Waals surface area (Å²) < 4.78 is 5.68. The molecule has 0 radical (unpaired) electrons. The Hall–Kier alpha value is -2.53. The van der Waals surface area contributed by atoms with E-state index in [-0.39, 0.29) is 0 Å². The van der Waals surface area contributed by atoms with Crippen molar-refractivity contribution < 1.29 is 4.74 Å².